The van der Waals surface area contributed by atoms with Crippen molar-refractivity contribution in [1.82, 2.24) is 0 Å². The topological polar surface area (TPSA) is 61.6 Å². The van der Waals surface area contributed by atoms with E-state index in [-0.39, 0.29) is 0 Å². The predicted octanol–water partition coefficient (Wildman–Crippen LogP) is 3.68. The number of hydrogen-bond acceptors (Lipinski definition) is 3. The summed E-state index contributed by atoms with van der Waals surface area (Å²) in [4.78, 5) is 10.4. The van der Waals surface area contributed by atoms with E-state index < -0.39 is 6.09 Å². The summed E-state index contributed by atoms with van der Waals surface area (Å²) in [5.41, 5.74) is 7.29. The molecule has 0 aliphatic heterocycles. The van der Waals surface area contributed by atoms with Gasteiger partial charge in [-0.25, -0.2) is 4.79 Å². The third-order valence-electron chi connectivity index (χ3n) is 3.28. The Bertz CT molecular complexity index is 567. The molecule has 0 atom stereocenters. The van der Waals surface area contributed by atoms with Crippen molar-refractivity contribution in [1.29, 1.82) is 0 Å². The normalized spacial score (nSPS) is 10.2. The molecule has 2 rings (SSSR count). The first-order chi connectivity index (χ1) is 10.7. The quantitative estimate of drug-likeness (QED) is 0.756. The molecule has 1 amide bonds. The van der Waals surface area contributed by atoms with Gasteiger partial charge in [0.1, 0.15) is 12.4 Å². The maximum Gasteiger partial charge on any atom is 0.404 e. The summed E-state index contributed by atoms with van der Waals surface area (Å²) in [6.45, 7) is 0.957. The van der Waals surface area contributed by atoms with Crippen LogP contribution in [-0.2, 0) is 17.8 Å². The molecule has 4 heteroatoms. The number of carbonyl (C=O) groups is 1. The summed E-state index contributed by atoms with van der Waals surface area (Å²) in [5.74, 6) is 0.865. The maximum absolute atomic E-state index is 10.4. The van der Waals surface area contributed by atoms with Crippen molar-refractivity contribution in [3.63, 3.8) is 0 Å². The number of benzene rings is 2. The van der Waals surface area contributed by atoms with Gasteiger partial charge < -0.3 is 15.2 Å². The van der Waals surface area contributed by atoms with E-state index in [1.807, 2.05) is 42.5 Å². The molecule has 0 saturated heterocycles. The van der Waals surface area contributed by atoms with Gasteiger partial charge in [-0.2, -0.15) is 0 Å². The second-order valence-corrected chi connectivity index (χ2v) is 5.04. The van der Waals surface area contributed by atoms with Gasteiger partial charge in [0.2, 0.25) is 0 Å². The van der Waals surface area contributed by atoms with Crippen LogP contribution in [0.5, 0.6) is 5.75 Å². The first-order valence-electron chi connectivity index (χ1n) is 7.42. The van der Waals surface area contributed by atoms with Crippen LogP contribution in [0.3, 0.4) is 0 Å². The minimum atomic E-state index is -0.708. The number of aryl methyl sites for hydroxylation is 1. The van der Waals surface area contributed by atoms with Crippen LogP contribution in [0.2, 0.25) is 0 Å². The Morgan fingerprint density at radius 2 is 1.64 bits per heavy atom. The highest BCUT2D eigenvalue weighted by atomic mass is 16.5. The van der Waals surface area contributed by atoms with Crippen molar-refractivity contribution >= 4 is 6.09 Å². The molecule has 0 spiro atoms. The summed E-state index contributed by atoms with van der Waals surface area (Å²) in [6.07, 6.45) is 2.01. The molecule has 116 valence electrons. The Hall–Kier alpha value is -2.49. The second-order valence-electron chi connectivity index (χ2n) is 5.04. The molecule has 0 heterocycles. The molecular weight excluding hydrogens is 278 g/mol. The number of unbranched alkanes of at least 4 members (excludes halogenated alkanes) is 1. The third kappa shape index (κ3) is 5.87. The van der Waals surface area contributed by atoms with Crippen LogP contribution < -0.4 is 10.5 Å². The van der Waals surface area contributed by atoms with Crippen molar-refractivity contribution in [2.75, 3.05) is 6.61 Å². The highest BCUT2D eigenvalue weighted by Gasteiger charge is 1.98. The Balaban J connectivity index is 1.70. The van der Waals surface area contributed by atoms with Crippen LogP contribution in [-0.4, -0.2) is 12.7 Å². The lowest BCUT2D eigenvalue weighted by molar-refractivity contribution is 0.154. The van der Waals surface area contributed by atoms with Crippen molar-refractivity contribution in [3.8, 4) is 5.75 Å². The summed E-state index contributed by atoms with van der Waals surface area (Å²) < 4.78 is 10.4. The molecule has 0 radical (unpaired) electrons. The third-order valence-corrected chi connectivity index (χ3v) is 3.28. The number of nitrogens with two attached hydrogens (primary N) is 1. The Labute approximate surface area is 130 Å². The molecule has 0 aromatic heterocycles. The fourth-order valence-electron chi connectivity index (χ4n) is 2.10. The Morgan fingerprint density at radius 3 is 2.32 bits per heavy atom. The number of amides is 1. The smallest absolute Gasteiger partial charge is 0.404 e. The average molecular weight is 299 g/mol. The monoisotopic (exact) mass is 299 g/mol. The van der Waals surface area contributed by atoms with Gasteiger partial charge in [0.15, 0.2) is 0 Å². The first-order valence-corrected chi connectivity index (χ1v) is 7.42. The number of primary amides is 1. The molecular formula is C18H21NO3. The molecule has 0 aliphatic carbocycles. The maximum atomic E-state index is 10.4. The number of ether oxygens (including phenoxy) is 2. The zero-order chi connectivity index (χ0) is 15.6. The van der Waals surface area contributed by atoms with E-state index in [1.165, 1.54) is 5.56 Å². The summed E-state index contributed by atoms with van der Waals surface area (Å²) in [6, 6.07) is 18.2. The summed E-state index contributed by atoms with van der Waals surface area (Å²) in [5, 5.41) is 0. The molecule has 0 unspecified atom stereocenters. The summed E-state index contributed by atoms with van der Waals surface area (Å²) >= 11 is 0. The molecule has 2 aromatic rings. The largest absolute Gasteiger partial charge is 0.489 e. The van der Waals surface area contributed by atoms with E-state index >= 15 is 0 Å². The van der Waals surface area contributed by atoms with Gasteiger partial charge in [0, 0.05) is 0 Å². The molecule has 0 fully saturated rings. The zero-order valence-electron chi connectivity index (χ0n) is 12.5. The highest BCUT2D eigenvalue weighted by Crippen LogP contribution is 2.15. The van der Waals surface area contributed by atoms with Gasteiger partial charge in [-0.05, 0) is 42.5 Å². The molecule has 22 heavy (non-hydrogen) atoms. The summed E-state index contributed by atoms with van der Waals surface area (Å²) in [7, 11) is 0. The van der Waals surface area contributed by atoms with E-state index in [1.54, 1.807) is 0 Å². The highest BCUT2D eigenvalue weighted by molar-refractivity contribution is 5.64. The molecule has 0 bridgehead atoms. The van der Waals surface area contributed by atoms with E-state index in [0.29, 0.717) is 13.2 Å². The van der Waals surface area contributed by atoms with Crippen LogP contribution >= 0.6 is 0 Å². The minimum Gasteiger partial charge on any atom is -0.489 e. The second kappa shape index (κ2) is 8.72. The van der Waals surface area contributed by atoms with E-state index in [2.05, 4.69) is 12.1 Å². The average Bonchev–Trinajstić information content (AvgIpc) is 2.54. The van der Waals surface area contributed by atoms with E-state index in [9.17, 15) is 4.79 Å². The lowest BCUT2D eigenvalue weighted by Crippen LogP contribution is -2.13. The van der Waals surface area contributed by atoms with E-state index in [0.717, 1.165) is 30.6 Å². The lowest BCUT2D eigenvalue weighted by Gasteiger charge is -2.07. The van der Waals surface area contributed by atoms with Crippen LogP contribution in [0, 0.1) is 0 Å². The zero-order valence-corrected chi connectivity index (χ0v) is 12.5. The first kappa shape index (κ1) is 15.9. The van der Waals surface area contributed by atoms with Crippen molar-refractivity contribution in [2.24, 2.45) is 5.73 Å². The molecule has 0 aliphatic rings. The van der Waals surface area contributed by atoms with Gasteiger partial charge in [0.05, 0.1) is 6.61 Å². The lowest BCUT2D eigenvalue weighted by atomic mass is 10.1. The van der Waals surface area contributed by atoms with Gasteiger partial charge in [-0.15, -0.1) is 0 Å². The molecule has 2 N–H and O–H groups in total. The standard InChI is InChI=1S/C18H21NO3/c19-18(20)21-13-5-4-6-15-9-11-17(12-10-15)22-14-16-7-2-1-3-8-16/h1-3,7-12H,4-6,13-14H2,(H2,19,20). The Kier molecular flexibility index (Phi) is 6.30. The van der Waals surface area contributed by atoms with Crippen LogP contribution in [0.25, 0.3) is 0 Å². The molecule has 0 saturated carbocycles. The van der Waals surface area contributed by atoms with Crippen LogP contribution in [0.1, 0.15) is 24.0 Å². The van der Waals surface area contributed by atoms with Crippen molar-refractivity contribution < 1.29 is 14.3 Å². The van der Waals surface area contributed by atoms with Crippen LogP contribution in [0.15, 0.2) is 54.6 Å². The number of rotatable bonds is 8. The van der Waals surface area contributed by atoms with E-state index in [4.69, 9.17) is 15.2 Å². The molecule has 2 aromatic carbocycles. The van der Waals surface area contributed by atoms with Gasteiger partial charge in [0.25, 0.3) is 0 Å². The minimum absolute atomic E-state index is 0.383. The predicted molar refractivity (Wildman–Crippen MR) is 85.7 cm³/mol. The number of carbonyl (C=O) groups excluding carboxylic acids is 1. The Morgan fingerprint density at radius 1 is 0.909 bits per heavy atom. The SMILES string of the molecule is NC(=O)OCCCCc1ccc(OCc2ccccc2)cc1. The fourth-order valence-corrected chi connectivity index (χ4v) is 2.10. The number of hydrogen-bond donors (Lipinski definition) is 1. The van der Waals surface area contributed by atoms with Gasteiger partial charge in [-0.3, -0.25) is 0 Å². The van der Waals surface area contributed by atoms with Gasteiger partial charge in [-0.1, -0.05) is 42.5 Å². The van der Waals surface area contributed by atoms with Gasteiger partial charge >= 0.3 is 6.09 Å². The fraction of sp³-hybridized carbons (Fsp3) is 0.278. The van der Waals surface area contributed by atoms with Crippen LogP contribution in [0.4, 0.5) is 4.79 Å². The van der Waals surface area contributed by atoms with Crippen molar-refractivity contribution in [2.45, 2.75) is 25.9 Å². The van der Waals surface area contributed by atoms with Crippen molar-refractivity contribution in [3.05, 3.63) is 65.7 Å². The molecule has 4 nitrogen and oxygen atoms in total.